The summed E-state index contributed by atoms with van der Waals surface area (Å²) in [5.41, 5.74) is 4.63. The molecular formula is C19H26. The van der Waals surface area contributed by atoms with Gasteiger partial charge in [-0.3, -0.25) is 0 Å². The topological polar surface area (TPSA) is 0 Å². The Kier molecular flexibility index (Phi) is 3.24. The van der Waals surface area contributed by atoms with Gasteiger partial charge in [-0.05, 0) is 45.2 Å². The lowest BCUT2D eigenvalue weighted by Gasteiger charge is -2.28. The van der Waals surface area contributed by atoms with Crippen LogP contribution in [0.3, 0.4) is 0 Å². The molecule has 0 aromatic heterocycles. The Balaban J connectivity index is 2.97. The second-order valence-corrected chi connectivity index (χ2v) is 7.66. The van der Waals surface area contributed by atoms with Crippen molar-refractivity contribution in [3.63, 3.8) is 0 Å². The lowest BCUT2D eigenvalue weighted by atomic mass is 9.76. The third-order valence-electron chi connectivity index (χ3n) is 3.87. The summed E-state index contributed by atoms with van der Waals surface area (Å²) in [6.45, 7) is 16.0. The fourth-order valence-electron chi connectivity index (χ4n) is 2.80. The van der Waals surface area contributed by atoms with Gasteiger partial charge in [0.2, 0.25) is 0 Å². The van der Waals surface area contributed by atoms with Gasteiger partial charge < -0.3 is 0 Å². The van der Waals surface area contributed by atoms with Gasteiger partial charge in [0.1, 0.15) is 0 Å². The largest absolute Gasteiger partial charge is 0.0613 e. The minimum absolute atomic E-state index is 0.174. The van der Waals surface area contributed by atoms with E-state index in [0.29, 0.717) is 0 Å². The molecule has 19 heavy (non-hydrogen) atoms. The first-order chi connectivity index (χ1) is 8.62. The number of hydrogen-bond acceptors (Lipinski definition) is 0. The summed E-state index contributed by atoms with van der Waals surface area (Å²) in [6, 6.07) is 11.3. The molecule has 0 aliphatic heterocycles. The molecule has 0 fully saturated rings. The second kappa shape index (κ2) is 4.37. The molecule has 0 saturated carbocycles. The van der Waals surface area contributed by atoms with Gasteiger partial charge in [-0.1, -0.05) is 71.9 Å². The highest BCUT2D eigenvalue weighted by atomic mass is 14.3. The highest BCUT2D eigenvalue weighted by Crippen LogP contribution is 2.38. The zero-order chi connectivity index (χ0) is 14.4. The average molecular weight is 254 g/mol. The molecule has 0 nitrogen and oxygen atoms in total. The Morgan fingerprint density at radius 2 is 1.21 bits per heavy atom. The van der Waals surface area contributed by atoms with E-state index in [2.05, 4.69) is 78.8 Å². The molecular weight excluding hydrogens is 228 g/mol. The molecule has 0 atom stereocenters. The fourth-order valence-corrected chi connectivity index (χ4v) is 2.80. The van der Waals surface area contributed by atoms with Gasteiger partial charge in [-0.15, -0.1) is 0 Å². The van der Waals surface area contributed by atoms with E-state index >= 15 is 0 Å². The summed E-state index contributed by atoms with van der Waals surface area (Å²) in [4.78, 5) is 0. The van der Waals surface area contributed by atoms with Crippen LogP contribution in [0.1, 0.15) is 58.2 Å². The third kappa shape index (κ3) is 2.54. The predicted molar refractivity (Wildman–Crippen MR) is 86.1 cm³/mol. The third-order valence-corrected chi connectivity index (χ3v) is 3.87. The van der Waals surface area contributed by atoms with Crippen molar-refractivity contribution in [2.75, 3.05) is 0 Å². The molecule has 2 aromatic rings. The number of aryl methyl sites for hydroxylation is 1. The molecule has 0 N–H and O–H groups in total. The molecule has 2 aromatic carbocycles. The van der Waals surface area contributed by atoms with Crippen LogP contribution in [0, 0.1) is 6.92 Å². The van der Waals surface area contributed by atoms with Crippen LogP contribution in [0.25, 0.3) is 10.8 Å². The average Bonchev–Trinajstić information content (AvgIpc) is 2.26. The molecule has 0 spiro atoms. The molecule has 102 valence electrons. The van der Waals surface area contributed by atoms with Crippen LogP contribution in [0.2, 0.25) is 0 Å². The van der Waals surface area contributed by atoms with Crippen LogP contribution >= 0.6 is 0 Å². The highest BCUT2D eigenvalue weighted by molar-refractivity contribution is 5.93. The lowest BCUT2D eigenvalue weighted by Crippen LogP contribution is -2.17. The maximum absolute atomic E-state index is 2.31. The zero-order valence-corrected chi connectivity index (χ0v) is 13.4. The van der Waals surface area contributed by atoms with Crippen molar-refractivity contribution in [2.45, 2.75) is 59.3 Å². The van der Waals surface area contributed by atoms with Crippen LogP contribution in [0.5, 0.6) is 0 Å². The monoisotopic (exact) mass is 254 g/mol. The molecule has 0 aliphatic rings. The summed E-state index contributed by atoms with van der Waals surface area (Å²) in [5.74, 6) is 0. The van der Waals surface area contributed by atoms with Gasteiger partial charge in [0.15, 0.2) is 0 Å². The molecule has 0 heterocycles. The van der Waals surface area contributed by atoms with Crippen molar-refractivity contribution in [1.82, 2.24) is 0 Å². The lowest BCUT2D eigenvalue weighted by molar-refractivity contribution is 0.581. The first-order valence-electron chi connectivity index (χ1n) is 7.15. The summed E-state index contributed by atoms with van der Waals surface area (Å²) in [7, 11) is 0. The molecule has 0 radical (unpaired) electrons. The Bertz CT molecular complexity index is 584. The highest BCUT2D eigenvalue weighted by Gasteiger charge is 2.23. The van der Waals surface area contributed by atoms with Crippen LogP contribution in [-0.4, -0.2) is 0 Å². The van der Waals surface area contributed by atoms with E-state index < -0.39 is 0 Å². The molecule has 0 aliphatic carbocycles. The SMILES string of the molecule is Cc1ccc(C(C)(C)C)c2c(C(C)(C)C)cccc12. The van der Waals surface area contributed by atoms with Gasteiger partial charge in [0.05, 0.1) is 0 Å². The second-order valence-electron chi connectivity index (χ2n) is 7.66. The summed E-state index contributed by atoms with van der Waals surface area (Å²) < 4.78 is 0. The minimum Gasteiger partial charge on any atom is -0.0613 e. The van der Waals surface area contributed by atoms with E-state index in [-0.39, 0.29) is 10.8 Å². The predicted octanol–water partition coefficient (Wildman–Crippen LogP) is 5.74. The van der Waals surface area contributed by atoms with Crippen molar-refractivity contribution in [1.29, 1.82) is 0 Å². The maximum Gasteiger partial charge on any atom is -0.0106 e. The van der Waals surface area contributed by atoms with E-state index in [1.54, 1.807) is 0 Å². The number of fused-ring (bicyclic) bond motifs is 1. The summed E-state index contributed by atoms with van der Waals surface area (Å²) in [6.07, 6.45) is 0. The smallest absolute Gasteiger partial charge is 0.0106 e. The molecule has 0 amide bonds. The quantitative estimate of drug-likeness (QED) is 0.562. The van der Waals surface area contributed by atoms with E-state index in [9.17, 15) is 0 Å². The Morgan fingerprint density at radius 3 is 1.74 bits per heavy atom. The normalized spacial score (nSPS) is 13.0. The van der Waals surface area contributed by atoms with E-state index in [1.807, 2.05) is 0 Å². The number of rotatable bonds is 0. The van der Waals surface area contributed by atoms with E-state index in [4.69, 9.17) is 0 Å². The Morgan fingerprint density at radius 1 is 0.684 bits per heavy atom. The first kappa shape index (κ1) is 14.1. The maximum atomic E-state index is 2.31. The van der Waals surface area contributed by atoms with Crippen molar-refractivity contribution >= 4 is 10.8 Å². The van der Waals surface area contributed by atoms with E-state index in [1.165, 1.54) is 27.5 Å². The minimum atomic E-state index is 0.174. The molecule has 0 bridgehead atoms. The van der Waals surface area contributed by atoms with Gasteiger partial charge >= 0.3 is 0 Å². The van der Waals surface area contributed by atoms with Crippen molar-refractivity contribution < 1.29 is 0 Å². The van der Waals surface area contributed by atoms with Crippen LogP contribution in [0.15, 0.2) is 30.3 Å². The first-order valence-corrected chi connectivity index (χ1v) is 7.15. The molecule has 2 rings (SSSR count). The van der Waals surface area contributed by atoms with Crippen LogP contribution in [-0.2, 0) is 10.8 Å². The van der Waals surface area contributed by atoms with Crippen LogP contribution in [0.4, 0.5) is 0 Å². The van der Waals surface area contributed by atoms with Gasteiger partial charge in [-0.25, -0.2) is 0 Å². The van der Waals surface area contributed by atoms with Gasteiger partial charge in [0, 0.05) is 0 Å². The van der Waals surface area contributed by atoms with Crippen molar-refractivity contribution in [3.05, 3.63) is 47.0 Å². The van der Waals surface area contributed by atoms with Crippen LogP contribution < -0.4 is 0 Å². The van der Waals surface area contributed by atoms with Crippen molar-refractivity contribution in [3.8, 4) is 0 Å². The summed E-state index contributed by atoms with van der Waals surface area (Å²) >= 11 is 0. The number of benzene rings is 2. The van der Waals surface area contributed by atoms with Gasteiger partial charge in [-0.2, -0.15) is 0 Å². The Labute approximate surface area is 117 Å². The standard InChI is InChI=1S/C19H26/c1-13-11-12-16(19(5,6)7)17-14(13)9-8-10-15(17)18(2,3)4/h8-12H,1-7H3. The van der Waals surface area contributed by atoms with E-state index in [0.717, 1.165) is 0 Å². The number of hydrogen-bond donors (Lipinski definition) is 0. The summed E-state index contributed by atoms with van der Waals surface area (Å²) in [5, 5.41) is 2.86. The van der Waals surface area contributed by atoms with Gasteiger partial charge in [0.25, 0.3) is 0 Å². The molecule has 0 saturated heterocycles. The molecule has 0 heteroatoms. The van der Waals surface area contributed by atoms with Crippen molar-refractivity contribution in [2.24, 2.45) is 0 Å². The zero-order valence-electron chi connectivity index (χ0n) is 13.4. The molecule has 0 unspecified atom stereocenters. The fraction of sp³-hybridized carbons (Fsp3) is 0.474. The Hall–Kier alpha value is -1.30.